The molecule has 1 saturated heterocycles. The Morgan fingerprint density at radius 2 is 1.86 bits per heavy atom. The van der Waals surface area contributed by atoms with E-state index in [1.54, 1.807) is 25.3 Å². The third-order valence-corrected chi connectivity index (χ3v) is 8.51. The molecule has 1 fully saturated rings. The fourth-order valence-electron chi connectivity index (χ4n) is 3.90. The highest BCUT2D eigenvalue weighted by atomic mass is 79.9. The largest absolute Gasteiger partial charge is 0.493 e. The number of carbonyl (C=O) groups excluding carboxylic acids is 1. The number of hydrazone groups is 1. The molecule has 0 radical (unpaired) electrons. The van der Waals surface area contributed by atoms with Gasteiger partial charge in [-0.05, 0) is 78.6 Å². The maximum Gasteiger partial charge on any atom is 0.258 e. The lowest BCUT2D eigenvalue weighted by Gasteiger charge is -2.22. The molecule has 1 aliphatic heterocycles. The number of ether oxygens (including phenoxy) is 2. The van der Waals surface area contributed by atoms with Gasteiger partial charge in [-0.3, -0.25) is 4.79 Å². The molecule has 1 heterocycles. The Bertz CT molecular complexity index is 1380. The number of halogens is 2. The Morgan fingerprint density at radius 3 is 2.57 bits per heavy atom. The highest BCUT2D eigenvalue weighted by Crippen LogP contribution is 2.29. The molecular weight excluding hydrogens is 582 g/mol. The highest BCUT2D eigenvalue weighted by Gasteiger charge is 2.39. The molecule has 0 saturated carbocycles. The molecule has 1 N–H and O–H groups in total. The van der Waals surface area contributed by atoms with Crippen molar-refractivity contribution in [3.8, 4) is 11.5 Å². The van der Waals surface area contributed by atoms with Crippen LogP contribution in [0.25, 0.3) is 0 Å². The van der Waals surface area contributed by atoms with E-state index in [2.05, 4.69) is 26.5 Å². The lowest BCUT2D eigenvalue weighted by atomic mass is 10.2. The van der Waals surface area contributed by atoms with Gasteiger partial charge in [0.25, 0.3) is 5.91 Å². The van der Waals surface area contributed by atoms with Crippen molar-refractivity contribution < 1.29 is 22.7 Å². The topological polar surface area (TPSA) is 97.3 Å². The van der Waals surface area contributed by atoms with Crippen molar-refractivity contribution in [1.29, 1.82) is 0 Å². The van der Waals surface area contributed by atoms with E-state index in [-0.39, 0.29) is 11.4 Å². The predicted octanol–water partition coefficient (Wildman–Crippen LogP) is 4.99. The summed E-state index contributed by atoms with van der Waals surface area (Å²) < 4.78 is 39.6. The van der Waals surface area contributed by atoms with Crippen LogP contribution in [-0.4, -0.2) is 44.5 Å². The lowest BCUT2D eigenvalue weighted by molar-refractivity contribution is -0.124. The summed E-state index contributed by atoms with van der Waals surface area (Å²) in [6, 6.07) is 18.1. The van der Waals surface area contributed by atoms with Crippen LogP contribution in [0.2, 0.25) is 5.02 Å². The standard InChI is InChI=1S/C26H25BrClN3O5S/c1-35-25-15-19(6-13-24(25)36-17-18-4-7-20(27)8-5-18)16-29-30-26(32)23-3-2-14-31(23)37(33,34)22-11-9-21(28)10-12-22/h4-13,15-16,23H,2-3,14,17H2,1H3,(H,30,32)/b29-16-/t23-/m0/s1. The third-order valence-electron chi connectivity index (χ3n) is 5.81. The van der Waals surface area contributed by atoms with Crippen molar-refractivity contribution in [2.75, 3.05) is 13.7 Å². The Kier molecular flexibility index (Phi) is 8.86. The highest BCUT2D eigenvalue weighted by molar-refractivity contribution is 9.10. The van der Waals surface area contributed by atoms with Crippen LogP contribution >= 0.6 is 27.5 Å². The fourth-order valence-corrected chi connectivity index (χ4v) is 5.95. The SMILES string of the molecule is COc1cc(/C=N\NC(=O)[C@@H]2CCCN2S(=O)(=O)c2ccc(Cl)cc2)ccc1OCc1ccc(Br)cc1. The van der Waals surface area contributed by atoms with Gasteiger partial charge in [-0.25, -0.2) is 13.8 Å². The molecule has 0 bridgehead atoms. The second-order valence-electron chi connectivity index (χ2n) is 8.29. The average Bonchev–Trinajstić information content (AvgIpc) is 3.40. The van der Waals surface area contributed by atoms with Crippen LogP contribution in [0.4, 0.5) is 0 Å². The zero-order valence-corrected chi connectivity index (χ0v) is 23.1. The van der Waals surface area contributed by atoms with Crippen molar-refractivity contribution in [1.82, 2.24) is 9.73 Å². The van der Waals surface area contributed by atoms with Crippen LogP contribution in [0.1, 0.15) is 24.0 Å². The summed E-state index contributed by atoms with van der Waals surface area (Å²) in [6.45, 7) is 0.635. The Balaban J connectivity index is 1.38. The summed E-state index contributed by atoms with van der Waals surface area (Å²) in [5.74, 6) is 0.594. The molecule has 0 unspecified atom stereocenters. The first-order valence-corrected chi connectivity index (χ1v) is 14.0. The van der Waals surface area contributed by atoms with Gasteiger partial charge in [0.2, 0.25) is 10.0 Å². The maximum atomic E-state index is 13.1. The maximum absolute atomic E-state index is 13.1. The van der Waals surface area contributed by atoms with Gasteiger partial charge in [0.15, 0.2) is 11.5 Å². The Morgan fingerprint density at radius 1 is 1.14 bits per heavy atom. The molecular formula is C26H25BrClN3O5S. The smallest absolute Gasteiger partial charge is 0.258 e. The molecule has 0 aliphatic carbocycles. The molecule has 194 valence electrons. The van der Waals surface area contributed by atoms with E-state index in [0.29, 0.717) is 41.5 Å². The van der Waals surface area contributed by atoms with Gasteiger partial charge in [-0.1, -0.05) is 39.7 Å². The van der Waals surface area contributed by atoms with Gasteiger partial charge < -0.3 is 9.47 Å². The second-order valence-corrected chi connectivity index (χ2v) is 11.5. The molecule has 3 aromatic rings. The monoisotopic (exact) mass is 605 g/mol. The number of carbonyl (C=O) groups is 1. The normalized spacial score (nSPS) is 16.1. The van der Waals surface area contributed by atoms with Crippen LogP contribution < -0.4 is 14.9 Å². The van der Waals surface area contributed by atoms with Crippen molar-refractivity contribution in [2.24, 2.45) is 5.10 Å². The predicted molar refractivity (Wildman–Crippen MR) is 146 cm³/mol. The van der Waals surface area contributed by atoms with Gasteiger partial charge in [0.1, 0.15) is 12.6 Å². The number of nitrogens with one attached hydrogen (secondary N) is 1. The number of hydrogen-bond acceptors (Lipinski definition) is 6. The number of amides is 1. The van der Waals surface area contributed by atoms with Crippen molar-refractivity contribution >= 4 is 49.7 Å². The van der Waals surface area contributed by atoms with Crippen molar-refractivity contribution in [3.63, 3.8) is 0 Å². The third kappa shape index (κ3) is 6.70. The molecule has 11 heteroatoms. The first-order valence-electron chi connectivity index (χ1n) is 11.4. The minimum Gasteiger partial charge on any atom is -0.493 e. The summed E-state index contributed by atoms with van der Waals surface area (Å²) in [7, 11) is -2.30. The van der Waals surface area contributed by atoms with E-state index in [9.17, 15) is 13.2 Å². The molecule has 0 spiro atoms. The number of sulfonamides is 1. The van der Waals surface area contributed by atoms with Crippen LogP contribution in [0.5, 0.6) is 11.5 Å². The van der Waals surface area contributed by atoms with Crippen LogP contribution in [0.15, 0.2) is 81.2 Å². The van der Waals surface area contributed by atoms with Crippen LogP contribution in [0, 0.1) is 0 Å². The molecule has 1 aliphatic rings. The van der Waals surface area contributed by atoms with E-state index in [0.717, 1.165) is 10.0 Å². The summed E-state index contributed by atoms with van der Waals surface area (Å²) >= 11 is 9.29. The number of hydrogen-bond donors (Lipinski definition) is 1. The van der Waals surface area contributed by atoms with Crippen molar-refractivity contribution in [2.45, 2.75) is 30.4 Å². The van der Waals surface area contributed by atoms with Crippen molar-refractivity contribution in [3.05, 3.63) is 87.4 Å². The fraction of sp³-hybridized carbons (Fsp3) is 0.231. The summed E-state index contributed by atoms with van der Waals surface area (Å²) in [6.07, 6.45) is 2.45. The molecule has 0 aromatic heterocycles. The van der Waals surface area contributed by atoms with E-state index in [1.807, 2.05) is 24.3 Å². The number of methoxy groups -OCH3 is 1. The van der Waals surface area contributed by atoms with E-state index < -0.39 is 22.0 Å². The van der Waals surface area contributed by atoms with Gasteiger partial charge in [0.05, 0.1) is 18.2 Å². The zero-order valence-electron chi connectivity index (χ0n) is 19.9. The quantitative estimate of drug-likeness (QED) is 0.273. The molecule has 3 aromatic carbocycles. The van der Waals surface area contributed by atoms with E-state index >= 15 is 0 Å². The van der Waals surface area contributed by atoms with Crippen LogP contribution in [0.3, 0.4) is 0 Å². The van der Waals surface area contributed by atoms with Gasteiger partial charge >= 0.3 is 0 Å². The summed E-state index contributed by atoms with van der Waals surface area (Å²) in [5, 5.41) is 4.46. The molecule has 8 nitrogen and oxygen atoms in total. The molecule has 37 heavy (non-hydrogen) atoms. The molecule has 1 atom stereocenters. The minimum absolute atomic E-state index is 0.0923. The average molecular weight is 607 g/mol. The van der Waals surface area contributed by atoms with Gasteiger partial charge in [-0.15, -0.1) is 0 Å². The van der Waals surface area contributed by atoms with Crippen LogP contribution in [-0.2, 0) is 21.4 Å². The first-order chi connectivity index (χ1) is 17.8. The number of rotatable bonds is 9. The number of benzene rings is 3. The number of nitrogens with zero attached hydrogens (tertiary/aromatic N) is 2. The van der Waals surface area contributed by atoms with E-state index in [1.165, 1.54) is 34.8 Å². The Hall–Kier alpha value is -2.92. The minimum atomic E-state index is -3.84. The first kappa shape index (κ1) is 27.1. The lowest BCUT2D eigenvalue weighted by Crippen LogP contribution is -2.44. The Labute approximate surface area is 229 Å². The second kappa shape index (κ2) is 12.1. The van der Waals surface area contributed by atoms with Gasteiger partial charge in [-0.2, -0.15) is 9.41 Å². The zero-order chi connectivity index (χ0) is 26.4. The summed E-state index contributed by atoms with van der Waals surface area (Å²) in [4.78, 5) is 12.9. The summed E-state index contributed by atoms with van der Waals surface area (Å²) in [5.41, 5.74) is 4.15. The molecule has 4 rings (SSSR count). The van der Waals surface area contributed by atoms with E-state index in [4.69, 9.17) is 21.1 Å². The van der Waals surface area contributed by atoms with Gasteiger partial charge in [0, 0.05) is 16.0 Å². The molecule has 1 amide bonds.